The van der Waals surface area contributed by atoms with Crippen LogP contribution in [-0.4, -0.2) is 34.5 Å². The van der Waals surface area contributed by atoms with Gasteiger partial charge in [-0.25, -0.2) is 4.79 Å². The van der Waals surface area contributed by atoms with Crippen LogP contribution in [0.4, 0.5) is 0 Å². The number of nitrogens with one attached hydrogen (secondary N) is 1. The highest BCUT2D eigenvalue weighted by molar-refractivity contribution is 7.99. The van der Waals surface area contributed by atoms with Crippen LogP contribution in [0.2, 0.25) is 0 Å². The molecule has 0 fully saturated rings. The lowest BCUT2D eigenvalue weighted by Gasteiger charge is -2.22. The zero-order valence-corrected chi connectivity index (χ0v) is 13.3. The standard InChI is InChI=1S/C14H27NO3S/c1-5-7-8-11(9-19-6-2)13(16)15-12(10(3)4)14(17)18/h10-12H,5-9H2,1-4H3,(H,15,16)(H,17,18)/t11?,12-/m0/s1. The zero-order chi connectivity index (χ0) is 14.8. The highest BCUT2D eigenvalue weighted by Crippen LogP contribution is 2.16. The molecule has 1 unspecified atom stereocenters. The Morgan fingerprint density at radius 1 is 1.26 bits per heavy atom. The molecule has 19 heavy (non-hydrogen) atoms. The summed E-state index contributed by atoms with van der Waals surface area (Å²) in [5.74, 6) is 0.490. The molecule has 2 N–H and O–H groups in total. The van der Waals surface area contributed by atoms with E-state index in [1.807, 2.05) is 0 Å². The van der Waals surface area contributed by atoms with Crippen LogP contribution < -0.4 is 5.32 Å². The number of hydrogen-bond donors (Lipinski definition) is 2. The molecule has 0 saturated heterocycles. The molecule has 5 heteroatoms. The molecule has 2 atom stereocenters. The maximum atomic E-state index is 12.2. The summed E-state index contributed by atoms with van der Waals surface area (Å²) in [5.41, 5.74) is 0. The minimum Gasteiger partial charge on any atom is -0.480 e. The Labute approximate surface area is 120 Å². The molecular weight excluding hydrogens is 262 g/mol. The summed E-state index contributed by atoms with van der Waals surface area (Å²) < 4.78 is 0. The van der Waals surface area contributed by atoms with E-state index in [-0.39, 0.29) is 17.7 Å². The maximum Gasteiger partial charge on any atom is 0.326 e. The maximum absolute atomic E-state index is 12.2. The second-order valence-corrected chi connectivity index (χ2v) is 6.39. The van der Waals surface area contributed by atoms with Gasteiger partial charge in [-0.1, -0.05) is 40.5 Å². The summed E-state index contributed by atoms with van der Waals surface area (Å²) in [5, 5.41) is 11.8. The Morgan fingerprint density at radius 2 is 1.89 bits per heavy atom. The van der Waals surface area contributed by atoms with Gasteiger partial charge >= 0.3 is 5.97 Å². The predicted molar refractivity (Wildman–Crippen MR) is 80.4 cm³/mol. The quantitative estimate of drug-likeness (QED) is 0.649. The number of thioether (sulfide) groups is 1. The van der Waals surface area contributed by atoms with Crippen LogP contribution in [0.1, 0.15) is 47.0 Å². The minimum atomic E-state index is -0.958. The Hall–Kier alpha value is -0.710. The van der Waals surface area contributed by atoms with Crippen molar-refractivity contribution in [3.05, 3.63) is 0 Å². The summed E-state index contributed by atoms with van der Waals surface area (Å²) in [6.07, 6.45) is 2.88. The van der Waals surface area contributed by atoms with Gasteiger partial charge in [0.1, 0.15) is 6.04 Å². The fourth-order valence-electron chi connectivity index (χ4n) is 1.79. The van der Waals surface area contributed by atoms with Crippen LogP contribution in [0.15, 0.2) is 0 Å². The smallest absolute Gasteiger partial charge is 0.326 e. The average Bonchev–Trinajstić information content (AvgIpc) is 2.35. The summed E-state index contributed by atoms with van der Waals surface area (Å²) in [6.45, 7) is 7.77. The Balaban J connectivity index is 4.54. The van der Waals surface area contributed by atoms with Gasteiger partial charge in [0.25, 0.3) is 0 Å². The second-order valence-electron chi connectivity index (χ2n) is 5.07. The Morgan fingerprint density at radius 3 is 2.32 bits per heavy atom. The van der Waals surface area contributed by atoms with Crippen molar-refractivity contribution >= 4 is 23.6 Å². The third-order valence-electron chi connectivity index (χ3n) is 3.03. The van der Waals surface area contributed by atoms with Crippen molar-refractivity contribution in [2.45, 2.75) is 53.0 Å². The zero-order valence-electron chi connectivity index (χ0n) is 12.4. The highest BCUT2D eigenvalue weighted by Gasteiger charge is 2.27. The summed E-state index contributed by atoms with van der Waals surface area (Å²) >= 11 is 1.73. The van der Waals surface area contributed by atoms with E-state index in [1.54, 1.807) is 25.6 Å². The normalized spacial score (nSPS) is 14.2. The van der Waals surface area contributed by atoms with Crippen LogP contribution in [0.25, 0.3) is 0 Å². The van der Waals surface area contributed by atoms with Crippen molar-refractivity contribution in [3.8, 4) is 0 Å². The van der Waals surface area contributed by atoms with E-state index in [2.05, 4.69) is 19.2 Å². The first kappa shape index (κ1) is 18.3. The molecule has 0 rings (SSSR count). The number of amides is 1. The molecule has 0 radical (unpaired) electrons. The molecule has 0 spiro atoms. The molecule has 0 aromatic rings. The first-order valence-electron chi connectivity index (χ1n) is 7.04. The van der Waals surface area contributed by atoms with Crippen LogP contribution in [-0.2, 0) is 9.59 Å². The van der Waals surface area contributed by atoms with Crippen molar-refractivity contribution in [3.63, 3.8) is 0 Å². The number of carbonyl (C=O) groups is 2. The van der Waals surface area contributed by atoms with Gasteiger partial charge in [-0.3, -0.25) is 4.79 Å². The van der Waals surface area contributed by atoms with E-state index >= 15 is 0 Å². The number of carboxylic acids is 1. The third-order valence-corrected chi connectivity index (χ3v) is 4.08. The lowest BCUT2D eigenvalue weighted by atomic mass is 10.00. The molecular formula is C14H27NO3S. The van der Waals surface area contributed by atoms with E-state index in [0.29, 0.717) is 0 Å². The third kappa shape index (κ3) is 7.45. The summed E-state index contributed by atoms with van der Waals surface area (Å²) in [6, 6.07) is -0.789. The van der Waals surface area contributed by atoms with Crippen molar-refractivity contribution in [1.82, 2.24) is 5.32 Å². The first-order valence-corrected chi connectivity index (χ1v) is 8.20. The summed E-state index contributed by atoms with van der Waals surface area (Å²) in [7, 11) is 0. The van der Waals surface area contributed by atoms with Crippen LogP contribution in [0.3, 0.4) is 0 Å². The van der Waals surface area contributed by atoms with Gasteiger partial charge in [-0.2, -0.15) is 11.8 Å². The fraction of sp³-hybridized carbons (Fsp3) is 0.857. The number of aliphatic carboxylic acids is 1. The monoisotopic (exact) mass is 289 g/mol. The SMILES string of the molecule is CCCCC(CSCC)C(=O)N[C@H](C(=O)O)C(C)C. The van der Waals surface area contributed by atoms with Crippen LogP contribution >= 0.6 is 11.8 Å². The number of rotatable bonds is 10. The molecule has 0 aliphatic heterocycles. The molecule has 0 aromatic heterocycles. The van der Waals surface area contributed by atoms with Crippen molar-refractivity contribution in [1.29, 1.82) is 0 Å². The number of carboxylic acid groups (broad SMARTS) is 1. The van der Waals surface area contributed by atoms with Crippen molar-refractivity contribution in [2.24, 2.45) is 11.8 Å². The van der Waals surface area contributed by atoms with Crippen molar-refractivity contribution < 1.29 is 14.7 Å². The molecule has 0 aliphatic rings. The van der Waals surface area contributed by atoms with Crippen molar-refractivity contribution in [2.75, 3.05) is 11.5 Å². The largest absolute Gasteiger partial charge is 0.480 e. The van der Waals surface area contributed by atoms with Crippen LogP contribution in [0, 0.1) is 11.8 Å². The van der Waals surface area contributed by atoms with E-state index in [0.717, 1.165) is 30.8 Å². The number of hydrogen-bond acceptors (Lipinski definition) is 3. The van der Waals surface area contributed by atoms with E-state index in [1.165, 1.54) is 0 Å². The van der Waals surface area contributed by atoms with E-state index in [9.17, 15) is 9.59 Å². The first-order chi connectivity index (χ1) is 8.93. The van der Waals surface area contributed by atoms with Gasteiger partial charge in [0.2, 0.25) is 5.91 Å². The van der Waals surface area contributed by atoms with Gasteiger partial charge in [0.15, 0.2) is 0 Å². The molecule has 0 saturated carbocycles. The molecule has 4 nitrogen and oxygen atoms in total. The lowest BCUT2D eigenvalue weighted by molar-refractivity contribution is -0.143. The lowest BCUT2D eigenvalue weighted by Crippen LogP contribution is -2.47. The Kier molecular flexibility index (Phi) is 9.74. The van der Waals surface area contributed by atoms with Gasteiger partial charge in [0.05, 0.1) is 0 Å². The molecule has 112 valence electrons. The van der Waals surface area contributed by atoms with Gasteiger partial charge in [-0.15, -0.1) is 0 Å². The minimum absolute atomic E-state index is 0.0782. The van der Waals surface area contributed by atoms with Gasteiger partial charge in [0, 0.05) is 11.7 Å². The summed E-state index contributed by atoms with van der Waals surface area (Å²) in [4.78, 5) is 23.3. The highest BCUT2D eigenvalue weighted by atomic mass is 32.2. The predicted octanol–water partition coefficient (Wildman–Crippen LogP) is 2.77. The average molecular weight is 289 g/mol. The molecule has 1 amide bonds. The van der Waals surface area contributed by atoms with Gasteiger partial charge < -0.3 is 10.4 Å². The Bertz CT molecular complexity index is 274. The number of carbonyl (C=O) groups excluding carboxylic acids is 1. The topological polar surface area (TPSA) is 66.4 Å². The van der Waals surface area contributed by atoms with Crippen LogP contribution in [0.5, 0.6) is 0 Å². The molecule has 0 bridgehead atoms. The molecule has 0 heterocycles. The fourth-order valence-corrected chi connectivity index (χ4v) is 2.62. The second kappa shape index (κ2) is 10.1. The van der Waals surface area contributed by atoms with E-state index < -0.39 is 12.0 Å². The number of unbranched alkanes of at least 4 members (excludes halogenated alkanes) is 1. The van der Waals surface area contributed by atoms with E-state index in [4.69, 9.17) is 5.11 Å². The van der Waals surface area contributed by atoms with Gasteiger partial charge in [-0.05, 0) is 18.1 Å². The molecule has 0 aromatic carbocycles. The molecule has 0 aliphatic carbocycles.